The molecule has 104 valence electrons. The molecule has 2 aromatic rings. The molecule has 0 saturated carbocycles. The number of nitrogens with one attached hydrogen (secondary N) is 1. The van der Waals surface area contributed by atoms with Gasteiger partial charge in [-0.3, -0.25) is 4.79 Å². The standard InChI is InChI=1S/C16H19N3O/c17-14(16(20)19-8-4-1-5-9-19)10-12-11-18-15-7-3-2-6-13(12)15/h1-4,6-7,11,14,18H,5,8-10,17H2. The fraction of sp³-hybridized carbons (Fsp3) is 0.312. The summed E-state index contributed by atoms with van der Waals surface area (Å²) in [5.41, 5.74) is 8.29. The van der Waals surface area contributed by atoms with Crippen LogP contribution in [0, 0.1) is 0 Å². The average Bonchev–Trinajstić information content (AvgIpc) is 2.91. The largest absolute Gasteiger partial charge is 0.361 e. The number of aromatic amines is 1. The van der Waals surface area contributed by atoms with Crippen molar-refractivity contribution in [2.45, 2.75) is 18.9 Å². The summed E-state index contributed by atoms with van der Waals surface area (Å²) in [4.78, 5) is 17.4. The molecule has 1 unspecified atom stereocenters. The molecule has 2 heterocycles. The molecule has 1 atom stereocenters. The topological polar surface area (TPSA) is 62.1 Å². The second kappa shape index (κ2) is 5.51. The number of carbonyl (C=O) groups excluding carboxylic acids is 1. The van der Waals surface area contributed by atoms with Crippen LogP contribution in [-0.2, 0) is 11.2 Å². The van der Waals surface area contributed by atoms with Crippen LogP contribution in [0.4, 0.5) is 0 Å². The predicted molar refractivity (Wildman–Crippen MR) is 80.3 cm³/mol. The summed E-state index contributed by atoms with van der Waals surface area (Å²) in [6, 6.07) is 7.61. The van der Waals surface area contributed by atoms with Gasteiger partial charge in [0.25, 0.3) is 0 Å². The monoisotopic (exact) mass is 269 g/mol. The molecule has 0 saturated heterocycles. The van der Waals surface area contributed by atoms with Gasteiger partial charge in [-0.2, -0.15) is 0 Å². The Morgan fingerprint density at radius 3 is 3.00 bits per heavy atom. The van der Waals surface area contributed by atoms with E-state index < -0.39 is 6.04 Å². The van der Waals surface area contributed by atoms with E-state index in [4.69, 9.17) is 5.73 Å². The summed E-state index contributed by atoms with van der Waals surface area (Å²) < 4.78 is 0. The van der Waals surface area contributed by atoms with Crippen molar-refractivity contribution < 1.29 is 4.79 Å². The van der Waals surface area contributed by atoms with Crippen LogP contribution in [0.25, 0.3) is 10.9 Å². The summed E-state index contributed by atoms with van der Waals surface area (Å²) in [5.74, 6) is 0.0413. The highest BCUT2D eigenvalue weighted by atomic mass is 16.2. The number of rotatable bonds is 3. The van der Waals surface area contributed by atoms with Gasteiger partial charge >= 0.3 is 0 Å². The van der Waals surface area contributed by atoms with Crippen molar-refractivity contribution in [3.05, 3.63) is 48.2 Å². The molecule has 4 heteroatoms. The number of nitrogens with two attached hydrogens (primary N) is 1. The van der Waals surface area contributed by atoms with Gasteiger partial charge < -0.3 is 15.6 Å². The van der Waals surface area contributed by atoms with E-state index in [1.54, 1.807) is 0 Å². The minimum atomic E-state index is -0.472. The second-order valence-electron chi connectivity index (χ2n) is 5.21. The molecule has 1 aliphatic rings. The van der Waals surface area contributed by atoms with Gasteiger partial charge in [-0.1, -0.05) is 30.4 Å². The van der Waals surface area contributed by atoms with Gasteiger partial charge in [0.05, 0.1) is 6.04 Å². The van der Waals surface area contributed by atoms with Crippen LogP contribution in [-0.4, -0.2) is 34.9 Å². The van der Waals surface area contributed by atoms with Gasteiger partial charge in [0.1, 0.15) is 0 Å². The van der Waals surface area contributed by atoms with Crippen LogP contribution in [0.1, 0.15) is 12.0 Å². The summed E-state index contributed by atoms with van der Waals surface area (Å²) in [7, 11) is 0. The van der Waals surface area contributed by atoms with Gasteiger partial charge in [-0.05, 0) is 24.5 Å². The van der Waals surface area contributed by atoms with E-state index in [-0.39, 0.29) is 5.91 Å². The molecular weight excluding hydrogens is 250 g/mol. The van der Waals surface area contributed by atoms with E-state index in [0.717, 1.165) is 29.4 Å². The smallest absolute Gasteiger partial charge is 0.240 e. The third-order valence-corrected chi connectivity index (χ3v) is 3.80. The number of amides is 1. The maximum absolute atomic E-state index is 12.3. The Bertz CT molecular complexity index is 644. The number of para-hydroxylation sites is 1. The molecule has 0 bridgehead atoms. The van der Waals surface area contributed by atoms with Gasteiger partial charge in [0.2, 0.25) is 5.91 Å². The van der Waals surface area contributed by atoms with E-state index in [0.29, 0.717) is 13.0 Å². The number of aromatic nitrogens is 1. The minimum absolute atomic E-state index is 0.0413. The Balaban J connectivity index is 1.73. The van der Waals surface area contributed by atoms with Gasteiger partial charge in [0.15, 0.2) is 0 Å². The first-order chi connectivity index (χ1) is 9.75. The van der Waals surface area contributed by atoms with Crippen LogP contribution < -0.4 is 5.73 Å². The number of H-pyrrole nitrogens is 1. The predicted octanol–water partition coefficient (Wildman–Crippen LogP) is 1.83. The van der Waals surface area contributed by atoms with Crippen LogP contribution in [0.3, 0.4) is 0 Å². The molecule has 3 N–H and O–H groups in total. The molecule has 0 spiro atoms. The van der Waals surface area contributed by atoms with Crippen molar-refractivity contribution in [2.75, 3.05) is 13.1 Å². The average molecular weight is 269 g/mol. The molecule has 1 aromatic heterocycles. The fourth-order valence-corrected chi connectivity index (χ4v) is 2.70. The molecule has 3 rings (SSSR count). The third kappa shape index (κ3) is 2.47. The van der Waals surface area contributed by atoms with E-state index in [1.165, 1.54) is 0 Å². The van der Waals surface area contributed by atoms with Gasteiger partial charge in [-0.15, -0.1) is 0 Å². The number of hydrogen-bond donors (Lipinski definition) is 2. The van der Waals surface area contributed by atoms with E-state index in [9.17, 15) is 4.79 Å². The molecule has 4 nitrogen and oxygen atoms in total. The molecule has 20 heavy (non-hydrogen) atoms. The number of carbonyl (C=O) groups is 1. The van der Waals surface area contributed by atoms with Crippen LogP contribution >= 0.6 is 0 Å². The van der Waals surface area contributed by atoms with E-state index in [1.807, 2.05) is 35.4 Å². The zero-order valence-corrected chi connectivity index (χ0v) is 11.4. The zero-order valence-electron chi connectivity index (χ0n) is 11.4. The highest BCUT2D eigenvalue weighted by Gasteiger charge is 2.22. The summed E-state index contributed by atoms with van der Waals surface area (Å²) in [5, 5.41) is 1.15. The Hall–Kier alpha value is -2.07. The van der Waals surface area contributed by atoms with Crippen molar-refractivity contribution in [3.8, 4) is 0 Å². The van der Waals surface area contributed by atoms with Crippen molar-refractivity contribution in [1.29, 1.82) is 0 Å². The fourth-order valence-electron chi connectivity index (χ4n) is 2.70. The lowest BCUT2D eigenvalue weighted by molar-refractivity contribution is -0.132. The van der Waals surface area contributed by atoms with Crippen LogP contribution in [0.15, 0.2) is 42.6 Å². The second-order valence-corrected chi connectivity index (χ2v) is 5.21. The molecule has 0 aliphatic carbocycles. The molecule has 1 amide bonds. The van der Waals surface area contributed by atoms with Crippen molar-refractivity contribution in [2.24, 2.45) is 5.73 Å². The Morgan fingerprint density at radius 1 is 1.35 bits per heavy atom. The summed E-state index contributed by atoms with van der Waals surface area (Å²) in [6.45, 7) is 1.46. The number of hydrogen-bond acceptors (Lipinski definition) is 2. The van der Waals surface area contributed by atoms with Crippen LogP contribution in [0.5, 0.6) is 0 Å². The first-order valence-electron chi connectivity index (χ1n) is 7.00. The Kier molecular flexibility index (Phi) is 3.56. The molecular formula is C16H19N3O. The lowest BCUT2D eigenvalue weighted by Crippen LogP contribution is -2.46. The lowest BCUT2D eigenvalue weighted by atomic mass is 10.0. The lowest BCUT2D eigenvalue weighted by Gasteiger charge is -2.26. The van der Waals surface area contributed by atoms with E-state index in [2.05, 4.69) is 17.1 Å². The number of nitrogens with zero attached hydrogens (tertiary/aromatic N) is 1. The zero-order chi connectivity index (χ0) is 13.9. The minimum Gasteiger partial charge on any atom is -0.361 e. The van der Waals surface area contributed by atoms with Gasteiger partial charge in [-0.25, -0.2) is 0 Å². The number of fused-ring (bicyclic) bond motifs is 1. The molecule has 1 aromatic carbocycles. The van der Waals surface area contributed by atoms with Crippen molar-refractivity contribution in [3.63, 3.8) is 0 Å². The number of benzene rings is 1. The molecule has 0 radical (unpaired) electrons. The van der Waals surface area contributed by atoms with Crippen molar-refractivity contribution in [1.82, 2.24) is 9.88 Å². The molecule has 1 aliphatic heterocycles. The Labute approximate surface area is 118 Å². The van der Waals surface area contributed by atoms with E-state index >= 15 is 0 Å². The summed E-state index contributed by atoms with van der Waals surface area (Å²) >= 11 is 0. The first kappa shape index (κ1) is 12.9. The normalized spacial score (nSPS) is 16.6. The van der Waals surface area contributed by atoms with Gasteiger partial charge in [0, 0.05) is 30.2 Å². The summed E-state index contributed by atoms with van der Waals surface area (Å²) in [6.07, 6.45) is 7.58. The van der Waals surface area contributed by atoms with Crippen molar-refractivity contribution >= 4 is 16.8 Å². The third-order valence-electron chi connectivity index (χ3n) is 3.80. The maximum atomic E-state index is 12.3. The highest BCUT2D eigenvalue weighted by molar-refractivity contribution is 5.86. The Morgan fingerprint density at radius 2 is 2.20 bits per heavy atom. The quantitative estimate of drug-likeness (QED) is 0.835. The highest BCUT2D eigenvalue weighted by Crippen LogP contribution is 2.19. The maximum Gasteiger partial charge on any atom is 0.240 e. The van der Waals surface area contributed by atoms with Crippen LogP contribution in [0.2, 0.25) is 0 Å². The first-order valence-corrected chi connectivity index (χ1v) is 7.00. The molecule has 0 fully saturated rings. The SMILES string of the molecule is NC(Cc1c[nH]c2ccccc12)C(=O)N1CC=CCC1.